The van der Waals surface area contributed by atoms with Gasteiger partial charge in [0.15, 0.2) is 11.5 Å². The average molecular weight is 301 g/mol. The third kappa shape index (κ3) is 3.41. The van der Waals surface area contributed by atoms with Crippen LogP contribution in [0.3, 0.4) is 0 Å². The number of nitrogens with zero attached hydrogens (tertiary/aromatic N) is 1. The van der Waals surface area contributed by atoms with Crippen LogP contribution in [-0.4, -0.2) is 24.9 Å². The maximum absolute atomic E-state index is 12.2. The number of carbonyl (C=O) groups excluding carboxylic acids is 1. The first-order chi connectivity index (χ1) is 10.5. The number of rotatable bonds is 6. The van der Waals surface area contributed by atoms with Gasteiger partial charge in [-0.1, -0.05) is 12.1 Å². The minimum atomic E-state index is -0.566. The Morgan fingerprint density at radius 3 is 2.32 bits per heavy atom. The van der Waals surface area contributed by atoms with Crippen LogP contribution in [0.1, 0.15) is 15.9 Å². The van der Waals surface area contributed by atoms with Crippen LogP contribution in [0.15, 0.2) is 42.5 Å². The maximum Gasteiger partial charge on any atom is 0.311 e. The fourth-order valence-electron chi connectivity index (χ4n) is 2.04. The Morgan fingerprint density at radius 2 is 1.77 bits per heavy atom. The predicted molar refractivity (Wildman–Crippen MR) is 80.7 cm³/mol. The van der Waals surface area contributed by atoms with Gasteiger partial charge in [0.25, 0.3) is 0 Å². The summed E-state index contributed by atoms with van der Waals surface area (Å²) in [5.41, 5.74) is 0.871. The average Bonchev–Trinajstić information content (AvgIpc) is 2.54. The Labute approximate surface area is 127 Å². The molecule has 0 bridgehead atoms. The topological polar surface area (TPSA) is 78.7 Å². The first kappa shape index (κ1) is 15.5. The van der Waals surface area contributed by atoms with E-state index in [0.29, 0.717) is 5.75 Å². The van der Waals surface area contributed by atoms with E-state index in [4.69, 9.17) is 9.47 Å². The largest absolute Gasteiger partial charge is 0.497 e. The summed E-state index contributed by atoms with van der Waals surface area (Å²) >= 11 is 0. The van der Waals surface area contributed by atoms with E-state index in [1.54, 1.807) is 31.4 Å². The molecule has 0 N–H and O–H groups in total. The number of nitro benzene ring substituents is 1. The molecule has 0 saturated carbocycles. The number of carbonyl (C=O) groups is 1. The first-order valence-corrected chi connectivity index (χ1v) is 6.53. The molecule has 2 aromatic rings. The summed E-state index contributed by atoms with van der Waals surface area (Å²) in [4.78, 5) is 22.7. The summed E-state index contributed by atoms with van der Waals surface area (Å²) in [6, 6.07) is 11.3. The molecule has 0 amide bonds. The molecule has 6 heteroatoms. The fourth-order valence-corrected chi connectivity index (χ4v) is 2.04. The zero-order valence-electron chi connectivity index (χ0n) is 12.2. The molecule has 0 heterocycles. The van der Waals surface area contributed by atoms with Gasteiger partial charge in [0.1, 0.15) is 5.75 Å². The van der Waals surface area contributed by atoms with E-state index < -0.39 is 4.92 Å². The molecule has 114 valence electrons. The Bertz CT molecular complexity index is 694. The second-order valence-corrected chi connectivity index (χ2v) is 4.59. The highest BCUT2D eigenvalue weighted by atomic mass is 16.6. The third-order valence-electron chi connectivity index (χ3n) is 3.22. The summed E-state index contributed by atoms with van der Waals surface area (Å²) in [6.45, 7) is 0. The van der Waals surface area contributed by atoms with Crippen molar-refractivity contribution >= 4 is 11.5 Å². The second-order valence-electron chi connectivity index (χ2n) is 4.59. The lowest BCUT2D eigenvalue weighted by atomic mass is 10.0. The molecule has 0 atom stereocenters. The summed E-state index contributed by atoms with van der Waals surface area (Å²) in [5.74, 6) is 0.637. The molecule has 0 spiro atoms. The molecular formula is C16H15NO5. The molecule has 0 radical (unpaired) electrons. The van der Waals surface area contributed by atoms with Crippen LogP contribution in [0, 0.1) is 10.1 Å². The van der Waals surface area contributed by atoms with Gasteiger partial charge in [-0.3, -0.25) is 14.9 Å². The van der Waals surface area contributed by atoms with Crippen LogP contribution in [0.4, 0.5) is 5.69 Å². The van der Waals surface area contributed by atoms with Crippen molar-refractivity contribution in [3.63, 3.8) is 0 Å². The molecule has 0 saturated heterocycles. The summed E-state index contributed by atoms with van der Waals surface area (Å²) < 4.78 is 9.97. The molecule has 6 nitrogen and oxygen atoms in total. The van der Waals surface area contributed by atoms with Gasteiger partial charge >= 0.3 is 5.69 Å². The van der Waals surface area contributed by atoms with E-state index in [0.717, 1.165) is 5.56 Å². The Hall–Kier alpha value is -2.89. The van der Waals surface area contributed by atoms with Crippen molar-refractivity contribution in [2.45, 2.75) is 6.42 Å². The van der Waals surface area contributed by atoms with Crippen molar-refractivity contribution in [3.8, 4) is 11.5 Å². The van der Waals surface area contributed by atoms with E-state index in [2.05, 4.69) is 0 Å². The summed E-state index contributed by atoms with van der Waals surface area (Å²) in [6.07, 6.45) is 0.160. The summed E-state index contributed by atoms with van der Waals surface area (Å²) in [7, 11) is 2.91. The molecular weight excluding hydrogens is 286 g/mol. The lowest BCUT2D eigenvalue weighted by Gasteiger charge is -2.05. The number of nitro groups is 1. The highest BCUT2D eigenvalue weighted by Crippen LogP contribution is 2.28. The monoisotopic (exact) mass is 301 g/mol. The normalized spacial score (nSPS) is 10.1. The molecule has 2 rings (SSSR count). The van der Waals surface area contributed by atoms with Gasteiger partial charge in [0.2, 0.25) is 0 Å². The number of benzene rings is 2. The van der Waals surface area contributed by atoms with Crippen molar-refractivity contribution < 1.29 is 19.2 Å². The van der Waals surface area contributed by atoms with Crippen LogP contribution in [-0.2, 0) is 6.42 Å². The lowest BCUT2D eigenvalue weighted by molar-refractivity contribution is -0.385. The standard InChI is InChI=1S/C16H15NO5/c1-21-13-6-3-11(4-7-13)9-15(18)12-5-8-16(22-2)14(10-12)17(19)20/h3-8,10H,9H2,1-2H3. The van der Waals surface area contributed by atoms with Crippen LogP contribution in [0.5, 0.6) is 11.5 Å². The molecule has 0 unspecified atom stereocenters. The van der Waals surface area contributed by atoms with Crippen LogP contribution in [0.25, 0.3) is 0 Å². The van der Waals surface area contributed by atoms with Crippen molar-refractivity contribution in [1.29, 1.82) is 0 Å². The number of hydrogen-bond donors (Lipinski definition) is 0. The van der Waals surface area contributed by atoms with Crippen molar-refractivity contribution in [2.24, 2.45) is 0 Å². The number of Topliss-reactive ketones (excluding diaryl/α,β-unsaturated/α-hetero) is 1. The lowest BCUT2D eigenvalue weighted by Crippen LogP contribution is -2.05. The SMILES string of the molecule is COc1ccc(CC(=O)c2ccc(OC)c([N+](=O)[O-])c2)cc1. The number of methoxy groups -OCH3 is 2. The zero-order valence-corrected chi connectivity index (χ0v) is 12.2. The van der Waals surface area contributed by atoms with E-state index in [1.165, 1.54) is 25.3 Å². The number of ether oxygens (including phenoxy) is 2. The molecule has 0 aliphatic heterocycles. The Kier molecular flexibility index (Phi) is 4.73. The number of ketones is 1. The molecule has 0 fully saturated rings. The van der Waals surface area contributed by atoms with Crippen LogP contribution < -0.4 is 9.47 Å². The van der Waals surface area contributed by atoms with Crippen molar-refractivity contribution in [3.05, 3.63) is 63.7 Å². The van der Waals surface area contributed by atoms with Crippen LogP contribution >= 0.6 is 0 Å². The van der Waals surface area contributed by atoms with Crippen LogP contribution in [0.2, 0.25) is 0 Å². The molecule has 2 aromatic carbocycles. The maximum atomic E-state index is 12.2. The minimum Gasteiger partial charge on any atom is -0.497 e. The predicted octanol–water partition coefficient (Wildman–Crippen LogP) is 3.04. The van der Waals surface area contributed by atoms with E-state index in [9.17, 15) is 14.9 Å². The molecule has 0 aliphatic rings. The van der Waals surface area contributed by atoms with E-state index in [-0.39, 0.29) is 29.2 Å². The minimum absolute atomic E-state index is 0.131. The first-order valence-electron chi connectivity index (χ1n) is 6.53. The van der Waals surface area contributed by atoms with Gasteiger partial charge in [0, 0.05) is 18.1 Å². The van der Waals surface area contributed by atoms with Gasteiger partial charge in [-0.15, -0.1) is 0 Å². The van der Waals surface area contributed by atoms with Gasteiger partial charge in [-0.25, -0.2) is 0 Å². The van der Waals surface area contributed by atoms with Gasteiger partial charge in [-0.05, 0) is 29.8 Å². The highest BCUT2D eigenvalue weighted by Gasteiger charge is 2.18. The van der Waals surface area contributed by atoms with Crippen molar-refractivity contribution in [1.82, 2.24) is 0 Å². The zero-order chi connectivity index (χ0) is 16.1. The van der Waals surface area contributed by atoms with E-state index in [1.807, 2.05) is 0 Å². The number of hydrogen-bond acceptors (Lipinski definition) is 5. The summed E-state index contributed by atoms with van der Waals surface area (Å²) in [5, 5.41) is 11.0. The second kappa shape index (κ2) is 6.71. The van der Waals surface area contributed by atoms with Gasteiger partial charge in [0.05, 0.1) is 19.1 Å². The molecule has 0 aliphatic carbocycles. The fraction of sp³-hybridized carbons (Fsp3) is 0.188. The van der Waals surface area contributed by atoms with Gasteiger partial charge in [-0.2, -0.15) is 0 Å². The van der Waals surface area contributed by atoms with E-state index >= 15 is 0 Å². The van der Waals surface area contributed by atoms with Gasteiger partial charge < -0.3 is 9.47 Å². The smallest absolute Gasteiger partial charge is 0.311 e. The Balaban J connectivity index is 2.21. The third-order valence-corrected chi connectivity index (χ3v) is 3.22. The molecule has 22 heavy (non-hydrogen) atoms. The molecule has 0 aromatic heterocycles. The quantitative estimate of drug-likeness (QED) is 0.465. The highest BCUT2D eigenvalue weighted by molar-refractivity contribution is 5.98. The Morgan fingerprint density at radius 1 is 1.09 bits per heavy atom. The van der Waals surface area contributed by atoms with Crippen molar-refractivity contribution in [2.75, 3.05) is 14.2 Å².